The van der Waals surface area contributed by atoms with Crippen LogP contribution in [0.4, 0.5) is 5.82 Å². The number of aryl methyl sites for hydroxylation is 2. The number of benzene rings is 2. The Hall–Kier alpha value is -2.30. The molecule has 128 valence electrons. The van der Waals surface area contributed by atoms with Crippen molar-refractivity contribution in [3.05, 3.63) is 81.0 Å². The third-order valence-corrected chi connectivity index (χ3v) is 4.79. The molecule has 0 aliphatic carbocycles. The molecule has 2 aromatic carbocycles. The Morgan fingerprint density at radius 3 is 2.72 bits per heavy atom. The van der Waals surface area contributed by atoms with Crippen molar-refractivity contribution in [2.45, 2.75) is 20.4 Å². The van der Waals surface area contributed by atoms with Crippen molar-refractivity contribution in [1.29, 1.82) is 0 Å². The average molecular weight is 374 g/mol. The van der Waals surface area contributed by atoms with Gasteiger partial charge in [0.25, 0.3) is 5.91 Å². The fourth-order valence-corrected chi connectivity index (χ4v) is 3.03. The van der Waals surface area contributed by atoms with E-state index in [4.69, 9.17) is 23.2 Å². The maximum absolute atomic E-state index is 12.6. The zero-order chi connectivity index (χ0) is 18.0. The van der Waals surface area contributed by atoms with E-state index in [1.165, 1.54) is 0 Å². The van der Waals surface area contributed by atoms with Crippen LogP contribution in [-0.4, -0.2) is 15.7 Å². The van der Waals surface area contributed by atoms with Gasteiger partial charge in [0.15, 0.2) is 0 Å². The van der Waals surface area contributed by atoms with Crippen LogP contribution in [0.15, 0.2) is 48.7 Å². The Morgan fingerprint density at radius 1 is 1.16 bits per heavy atom. The number of aromatic nitrogens is 2. The average Bonchev–Trinajstić information content (AvgIpc) is 2.98. The van der Waals surface area contributed by atoms with Crippen LogP contribution in [0.5, 0.6) is 0 Å². The van der Waals surface area contributed by atoms with Crippen LogP contribution in [0.3, 0.4) is 0 Å². The van der Waals surface area contributed by atoms with Crippen molar-refractivity contribution in [3.63, 3.8) is 0 Å². The van der Waals surface area contributed by atoms with Crippen LogP contribution in [-0.2, 0) is 6.54 Å². The van der Waals surface area contributed by atoms with Gasteiger partial charge in [0.05, 0.1) is 22.8 Å². The van der Waals surface area contributed by atoms with Gasteiger partial charge in [-0.15, -0.1) is 0 Å². The normalized spacial score (nSPS) is 10.7. The number of amides is 1. The van der Waals surface area contributed by atoms with Crippen molar-refractivity contribution in [2.75, 3.05) is 5.32 Å². The van der Waals surface area contributed by atoms with Crippen LogP contribution in [0.2, 0.25) is 10.0 Å². The first kappa shape index (κ1) is 17.5. The lowest BCUT2D eigenvalue weighted by molar-refractivity contribution is 0.102. The van der Waals surface area contributed by atoms with Gasteiger partial charge in [-0.2, -0.15) is 5.10 Å². The molecule has 0 saturated carbocycles. The Labute approximate surface area is 156 Å². The number of hydrogen-bond donors (Lipinski definition) is 1. The van der Waals surface area contributed by atoms with E-state index in [2.05, 4.69) is 10.4 Å². The monoisotopic (exact) mass is 373 g/mol. The lowest BCUT2D eigenvalue weighted by Crippen LogP contribution is -2.17. The minimum absolute atomic E-state index is 0.170. The number of rotatable bonds is 4. The second-order valence-corrected chi connectivity index (χ2v) is 6.64. The Balaban J connectivity index is 1.82. The molecule has 3 rings (SSSR count). The number of halogens is 2. The number of hydrogen-bond acceptors (Lipinski definition) is 2. The SMILES string of the molecule is Cc1ccc(C(=O)Nc2ccnn2Cc2cccc(Cl)c2Cl)c(C)c1. The second kappa shape index (κ2) is 7.30. The number of nitrogens with one attached hydrogen (secondary N) is 1. The van der Waals surface area contributed by atoms with E-state index in [0.717, 1.165) is 16.7 Å². The van der Waals surface area contributed by atoms with Crippen molar-refractivity contribution < 1.29 is 4.79 Å². The van der Waals surface area contributed by atoms with Gasteiger partial charge in [-0.3, -0.25) is 4.79 Å². The zero-order valence-electron chi connectivity index (χ0n) is 13.9. The molecule has 0 aliphatic rings. The molecule has 4 nitrogen and oxygen atoms in total. The van der Waals surface area contributed by atoms with Gasteiger partial charge in [0, 0.05) is 11.6 Å². The standard InChI is InChI=1S/C19H17Cl2N3O/c1-12-6-7-15(13(2)10-12)19(25)23-17-8-9-22-24(17)11-14-4-3-5-16(20)18(14)21/h3-10H,11H2,1-2H3,(H,23,25). The molecule has 1 heterocycles. The Morgan fingerprint density at radius 2 is 1.96 bits per heavy atom. The van der Waals surface area contributed by atoms with E-state index < -0.39 is 0 Å². The van der Waals surface area contributed by atoms with Crippen molar-refractivity contribution in [2.24, 2.45) is 0 Å². The van der Waals surface area contributed by atoms with E-state index in [9.17, 15) is 4.79 Å². The number of nitrogens with zero attached hydrogens (tertiary/aromatic N) is 2. The van der Waals surface area contributed by atoms with Gasteiger partial charge in [-0.05, 0) is 37.1 Å². The van der Waals surface area contributed by atoms with Gasteiger partial charge in [0.2, 0.25) is 0 Å². The zero-order valence-corrected chi connectivity index (χ0v) is 15.4. The summed E-state index contributed by atoms with van der Waals surface area (Å²) < 4.78 is 1.68. The van der Waals surface area contributed by atoms with E-state index in [-0.39, 0.29) is 5.91 Å². The molecule has 0 spiro atoms. The second-order valence-electron chi connectivity index (χ2n) is 5.86. The maximum Gasteiger partial charge on any atom is 0.257 e. The first-order valence-corrected chi connectivity index (χ1v) is 8.54. The summed E-state index contributed by atoms with van der Waals surface area (Å²) in [6.45, 7) is 4.33. The summed E-state index contributed by atoms with van der Waals surface area (Å²) in [4.78, 5) is 12.6. The molecule has 0 bridgehead atoms. The van der Waals surface area contributed by atoms with Gasteiger partial charge in [-0.1, -0.05) is 53.0 Å². The summed E-state index contributed by atoms with van der Waals surface area (Å²) >= 11 is 12.3. The molecule has 0 saturated heterocycles. The van der Waals surface area contributed by atoms with Crippen LogP contribution in [0, 0.1) is 13.8 Å². The predicted molar refractivity (Wildman–Crippen MR) is 102 cm³/mol. The molecule has 6 heteroatoms. The molecule has 0 atom stereocenters. The highest BCUT2D eigenvalue weighted by Crippen LogP contribution is 2.26. The summed E-state index contributed by atoms with van der Waals surface area (Å²) in [6, 6.07) is 12.9. The fraction of sp³-hybridized carbons (Fsp3) is 0.158. The third-order valence-electron chi connectivity index (χ3n) is 3.94. The van der Waals surface area contributed by atoms with Crippen LogP contribution < -0.4 is 5.32 Å². The van der Waals surface area contributed by atoms with Gasteiger partial charge < -0.3 is 5.32 Å². The van der Waals surface area contributed by atoms with E-state index in [0.29, 0.717) is 28.0 Å². The summed E-state index contributed by atoms with van der Waals surface area (Å²) in [5.41, 5.74) is 3.52. The minimum Gasteiger partial charge on any atom is -0.307 e. The summed E-state index contributed by atoms with van der Waals surface area (Å²) in [7, 11) is 0. The van der Waals surface area contributed by atoms with Crippen molar-refractivity contribution in [3.8, 4) is 0 Å². The predicted octanol–water partition coefficient (Wildman–Crippen LogP) is 5.11. The smallest absolute Gasteiger partial charge is 0.257 e. The lowest BCUT2D eigenvalue weighted by atomic mass is 10.1. The van der Waals surface area contributed by atoms with Gasteiger partial charge in [0.1, 0.15) is 5.82 Å². The molecule has 25 heavy (non-hydrogen) atoms. The molecule has 1 aromatic heterocycles. The topological polar surface area (TPSA) is 46.9 Å². The highest BCUT2D eigenvalue weighted by Gasteiger charge is 2.13. The first-order chi connectivity index (χ1) is 12.0. The first-order valence-electron chi connectivity index (χ1n) is 7.79. The van der Waals surface area contributed by atoms with E-state index >= 15 is 0 Å². The van der Waals surface area contributed by atoms with Crippen molar-refractivity contribution in [1.82, 2.24) is 9.78 Å². The molecule has 3 aromatic rings. The van der Waals surface area contributed by atoms with Crippen LogP contribution in [0.25, 0.3) is 0 Å². The van der Waals surface area contributed by atoms with E-state index in [1.807, 2.05) is 44.2 Å². The lowest BCUT2D eigenvalue weighted by Gasteiger charge is -2.12. The summed E-state index contributed by atoms with van der Waals surface area (Å²) in [6.07, 6.45) is 1.63. The molecular weight excluding hydrogens is 357 g/mol. The molecule has 0 aliphatic heterocycles. The third kappa shape index (κ3) is 3.86. The highest BCUT2D eigenvalue weighted by molar-refractivity contribution is 6.42. The van der Waals surface area contributed by atoms with Gasteiger partial charge in [-0.25, -0.2) is 4.68 Å². The number of carbonyl (C=O) groups is 1. The quantitative estimate of drug-likeness (QED) is 0.690. The fourth-order valence-electron chi connectivity index (χ4n) is 2.65. The van der Waals surface area contributed by atoms with Crippen molar-refractivity contribution >= 4 is 34.9 Å². The van der Waals surface area contributed by atoms with Crippen LogP contribution >= 0.6 is 23.2 Å². The molecule has 0 fully saturated rings. The van der Waals surface area contributed by atoms with Gasteiger partial charge >= 0.3 is 0 Å². The molecule has 0 radical (unpaired) electrons. The van der Waals surface area contributed by atoms with E-state index in [1.54, 1.807) is 23.0 Å². The van der Waals surface area contributed by atoms with Crippen LogP contribution in [0.1, 0.15) is 27.0 Å². The Kier molecular flexibility index (Phi) is 5.11. The molecular formula is C19H17Cl2N3O. The number of carbonyl (C=O) groups excluding carboxylic acids is 1. The number of anilines is 1. The largest absolute Gasteiger partial charge is 0.307 e. The maximum atomic E-state index is 12.6. The molecule has 0 unspecified atom stereocenters. The summed E-state index contributed by atoms with van der Waals surface area (Å²) in [5, 5.41) is 8.16. The highest BCUT2D eigenvalue weighted by atomic mass is 35.5. The summed E-state index contributed by atoms with van der Waals surface area (Å²) in [5.74, 6) is 0.428. The molecule has 1 N–H and O–H groups in total. The molecule has 1 amide bonds. The minimum atomic E-state index is -0.170. The Bertz CT molecular complexity index is 934.